The molecule has 0 fully saturated rings. The van der Waals surface area contributed by atoms with Gasteiger partial charge in [0.1, 0.15) is 0 Å². The molecule has 0 aromatic heterocycles. The van der Waals surface area contributed by atoms with Gasteiger partial charge >= 0.3 is 0 Å². The van der Waals surface area contributed by atoms with Crippen molar-refractivity contribution >= 4 is 12.4 Å². The summed E-state index contributed by atoms with van der Waals surface area (Å²) in [6, 6.07) is 0. The topological polar surface area (TPSA) is 69.4 Å². The molecule has 0 aromatic rings. The Morgan fingerprint density at radius 3 is 2.38 bits per heavy atom. The molecule has 44 valence electrons. The zero-order chi connectivity index (χ0) is 6.57. The molecule has 0 aliphatic rings. The Bertz CT molecular complexity index is 129. The van der Waals surface area contributed by atoms with Crippen LogP contribution in [0.25, 0.3) is 0 Å². The molecule has 1 amide bonds. The molecule has 0 aliphatic heterocycles. The van der Waals surface area contributed by atoms with E-state index < -0.39 is 5.91 Å². The van der Waals surface area contributed by atoms with E-state index in [9.17, 15) is 9.59 Å². The lowest BCUT2D eigenvalue weighted by Gasteiger charge is -1.91. The molecule has 8 heavy (non-hydrogen) atoms. The van der Waals surface area contributed by atoms with E-state index in [0.717, 1.165) is 0 Å². The molecule has 0 saturated heterocycles. The monoisotopic (exact) mass is 115 g/mol. The van der Waals surface area contributed by atoms with Crippen LogP contribution < -0.4 is 5.73 Å². The van der Waals surface area contributed by atoms with Crippen molar-refractivity contribution in [1.82, 2.24) is 0 Å². The van der Waals surface area contributed by atoms with E-state index in [0.29, 0.717) is 0 Å². The highest BCUT2D eigenvalue weighted by Gasteiger charge is 1.98. The first-order valence-corrected chi connectivity index (χ1v) is 1.77. The SMILES string of the molecule is C=C(OC=O)C(N)=O. The normalized spacial score (nSPS) is 7.50. The van der Waals surface area contributed by atoms with Crippen LogP contribution >= 0.6 is 0 Å². The van der Waals surface area contributed by atoms with Gasteiger partial charge < -0.3 is 10.5 Å². The smallest absolute Gasteiger partial charge is 0.298 e. The molecular weight excluding hydrogens is 110 g/mol. The fraction of sp³-hybridized carbons (Fsp3) is 0. The van der Waals surface area contributed by atoms with E-state index in [1.165, 1.54) is 0 Å². The zero-order valence-electron chi connectivity index (χ0n) is 4.09. The van der Waals surface area contributed by atoms with Gasteiger partial charge in [0.15, 0.2) is 5.76 Å². The molecule has 0 spiro atoms. The average molecular weight is 115 g/mol. The number of hydrogen-bond donors (Lipinski definition) is 1. The third kappa shape index (κ3) is 1.96. The summed E-state index contributed by atoms with van der Waals surface area (Å²) in [5.74, 6) is -1.18. The standard InChI is InChI=1S/C4H5NO3/c1-3(4(5)7)8-2-6/h2H,1H2,(H2,5,7). The molecule has 0 saturated carbocycles. The summed E-state index contributed by atoms with van der Waals surface area (Å²) in [6.45, 7) is 3.11. The minimum atomic E-state index is -0.836. The van der Waals surface area contributed by atoms with Crippen LogP contribution in [0.2, 0.25) is 0 Å². The fourth-order valence-corrected chi connectivity index (χ4v) is 0.116. The fourth-order valence-electron chi connectivity index (χ4n) is 0.116. The lowest BCUT2D eigenvalue weighted by atomic mass is 10.5. The minimum absolute atomic E-state index is 0.0904. The summed E-state index contributed by atoms with van der Waals surface area (Å²) in [4.78, 5) is 19.4. The number of hydrogen-bond acceptors (Lipinski definition) is 3. The predicted molar refractivity (Wildman–Crippen MR) is 25.5 cm³/mol. The maximum Gasteiger partial charge on any atom is 0.298 e. The van der Waals surface area contributed by atoms with E-state index in [4.69, 9.17) is 0 Å². The highest BCUT2D eigenvalue weighted by atomic mass is 16.5. The van der Waals surface area contributed by atoms with Gasteiger partial charge in [-0.15, -0.1) is 0 Å². The van der Waals surface area contributed by atoms with Crippen molar-refractivity contribution in [2.45, 2.75) is 0 Å². The Hall–Kier alpha value is -1.32. The molecule has 0 radical (unpaired) electrons. The van der Waals surface area contributed by atoms with Crippen molar-refractivity contribution in [3.63, 3.8) is 0 Å². The molecule has 0 unspecified atom stereocenters. The average Bonchev–Trinajstić information content (AvgIpc) is 1.67. The van der Waals surface area contributed by atoms with E-state index >= 15 is 0 Å². The van der Waals surface area contributed by atoms with Crippen LogP contribution in [0.5, 0.6) is 0 Å². The summed E-state index contributed by atoms with van der Waals surface area (Å²) in [5, 5.41) is 0. The quantitative estimate of drug-likeness (QED) is 0.296. The van der Waals surface area contributed by atoms with Gasteiger partial charge in [-0.3, -0.25) is 9.59 Å². The van der Waals surface area contributed by atoms with Crippen LogP contribution in [0, 0.1) is 0 Å². The van der Waals surface area contributed by atoms with Gasteiger partial charge in [-0.05, 0) is 0 Å². The Labute approximate surface area is 45.9 Å². The van der Waals surface area contributed by atoms with Gasteiger partial charge in [0.2, 0.25) is 0 Å². The van der Waals surface area contributed by atoms with Crippen LogP contribution in [0.4, 0.5) is 0 Å². The van der Waals surface area contributed by atoms with Gasteiger partial charge in [0, 0.05) is 0 Å². The van der Waals surface area contributed by atoms with Crippen LogP contribution in [-0.4, -0.2) is 12.4 Å². The molecule has 0 bridgehead atoms. The van der Waals surface area contributed by atoms with E-state index in [1.807, 2.05) is 0 Å². The number of rotatable bonds is 3. The zero-order valence-corrected chi connectivity index (χ0v) is 4.09. The summed E-state index contributed by atoms with van der Waals surface area (Å²) in [5.41, 5.74) is 4.60. The van der Waals surface area contributed by atoms with E-state index in [1.54, 1.807) is 0 Å². The highest BCUT2D eigenvalue weighted by molar-refractivity contribution is 5.90. The maximum absolute atomic E-state index is 9.93. The summed E-state index contributed by atoms with van der Waals surface area (Å²) in [6.07, 6.45) is 0. The van der Waals surface area contributed by atoms with E-state index in [2.05, 4.69) is 17.0 Å². The Balaban J connectivity index is 3.65. The minimum Gasteiger partial charge on any atom is -0.424 e. The summed E-state index contributed by atoms with van der Waals surface area (Å²) < 4.78 is 3.95. The number of carbonyl (C=O) groups is 2. The van der Waals surface area contributed by atoms with Crippen LogP contribution in [-0.2, 0) is 14.3 Å². The second-order valence-corrected chi connectivity index (χ2v) is 1.00. The summed E-state index contributed by atoms with van der Waals surface area (Å²) >= 11 is 0. The largest absolute Gasteiger partial charge is 0.424 e. The van der Waals surface area contributed by atoms with Crippen molar-refractivity contribution in [3.8, 4) is 0 Å². The number of carbonyl (C=O) groups excluding carboxylic acids is 2. The molecule has 4 heteroatoms. The number of nitrogens with two attached hydrogens (primary N) is 1. The van der Waals surface area contributed by atoms with Crippen molar-refractivity contribution in [2.24, 2.45) is 5.73 Å². The molecule has 0 heterocycles. The Morgan fingerprint density at radius 2 is 2.25 bits per heavy atom. The lowest BCUT2D eigenvalue weighted by molar-refractivity contribution is -0.130. The van der Waals surface area contributed by atoms with Crippen molar-refractivity contribution in [2.75, 3.05) is 0 Å². The van der Waals surface area contributed by atoms with Gasteiger partial charge in [0.05, 0.1) is 0 Å². The van der Waals surface area contributed by atoms with Crippen LogP contribution in [0.1, 0.15) is 0 Å². The number of primary amides is 1. The first kappa shape index (κ1) is 6.68. The van der Waals surface area contributed by atoms with Crippen molar-refractivity contribution in [3.05, 3.63) is 12.3 Å². The molecule has 0 rings (SSSR count). The van der Waals surface area contributed by atoms with Gasteiger partial charge in [0.25, 0.3) is 12.4 Å². The first-order valence-electron chi connectivity index (χ1n) is 1.77. The molecule has 0 aliphatic carbocycles. The highest BCUT2D eigenvalue weighted by Crippen LogP contribution is 1.84. The molecular formula is C4H5NO3. The molecule has 0 atom stereocenters. The van der Waals surface area contributed by atoms with E-state index in [-0.39, 0.29) is 12.2 Å². The van der Waals surface area contributed by atoms with Crippen molar-refractivity contribution < 1.29 is 14.3 Å². The molecule has 0 aromatic carbocycles. The number of ether oxygens (including phenoxy) is 1. The van der Waals surface area contributed by atoms with Crippen molar-refractivity contribution in [1.29, 1.82) is 0 Å². The predicted octanol–water partition coefficient (Wildman–Crippen LogP) is -0.842. The second-order valence-electron chi connectivity index (χ2n) is 1.00. The summed E-state index contributed by atoms with van der Waals surface area (Å²) in [7, 11) is 0. The molecule has 2 N–H and O–H groups in total. The maximum atomic E-state index is 9.93. The third-order valence-electron chi connectivity index (χ3n) is 0.465. The second kappa shape index (κ2) is 2.79. The molecule has 4 nitrogen and oxygen atoms in total. The lowest BCUT2D eigenvalue weighted by Crippen LogP contribution is -2.14. The Morgan fingerprint density at radius 1 is 1.75 bits per heavy atom. The van der Waals surface area contributed by atoms with Crippen LogP contribution in [0.15, 0.2) is 12.3 Å². The van der Waals surface area contributed by atoms with Gasteiger partial charge in [-0.1, -0.05) is 6.58 Å². The van der Waals surface area contributed by atoms with Crippen LogP contribution in [0.3, 0.4) is 0 Å². The Kier molecular flexibility index (Phi) is 2.33. The van der Waals surface area contributed by atoms with Gasteiger partial charge in [-0.2, -0.15) is 0 Å². The number of amides is 1. The first-order chi connectivity index (χ1) is 3.68. The third-order valence-corrected chi connectivity index (χ3v) is 0.465. The van der Waals surface area contributed by atoms with Gasteiger partial charge in [-0.25, -0.2) is 0 Å².